The summed E-state index contributed by atoms with van der Waals surface area (Å²) in [5.41, 5.74) is 0.357. The van der Waals surface area contributed by atoms with Gasteiger partial charge in [-0.25, -0.2) is 0 Å². The van der Waals surface area contributed by atoms with Crippen molar-refractivity contribution in [3.8, 4) is 23.9 Å². The molecule has 0 heterocycles. The van der Waals surface area contributed by atoms with Crippen LogP contribution in [-0.2, 0) is 12.4 Å². The van der Waals surface area contributed by atoms with Crippen LogP contribution in [0.2, 0.25) is 0 Å². The molecule has 8 rings (SSSR count). The third kappa shape index (κ3) is 5.19. The summed E-state index contributed by atoms with van der Waals surface area (Å²) in [6, 6.07) is 24.5. The number of fused-ring (bicyclic) bond motifs is 6. The summed E-state index contributed by atoms with van der Waals surface area (Å²) in [7, 11) is 0. The number of halogens is 6. The standard InChI is InChI=1S/C39H20F6N4O/c40-38(41,42)22-4-1-20(2-5-22)28-15-29(28)21-3-11-26-30-16-35-31(17-34(30)36(48-18-46)32(26)13-21)27-12-10-25(14-33(27)37(35)49-19-47)50-24-8-6-23(7-9-24)39(43,44)45/h1-14,16-17,28-29H,15H2/t28-,29?/m1/s1. The van der Waals surface area contributed by atoms with E-state index in [-0.39, 0.29) is 17.6 Å². The van der Waals surface area contributed by atoms with E-state index in [1.807, 2.05) is 42.7 Å². The number of benzene rings is 5. The zero-order valence-corrected chi connectivity index (χ0v) is 25.6. The van der Waals surface area contributed by atoms with Gasteiger partial charge in [-0.2, -0.15) is 46.9 Å². The summed E-state index contributed by atoms with van der Waals surface area (Å²) in [4.78, 5) is 8.33. The second-order valence-electron chi connectivity index (χ2n) is 12.3. The molecule has 0 saturated heterocycles. The van der Waals surface area contributed by atoms with E-state index in [1.54, 1.807) is 18.2 Å². The van der Waals surface area contributed by atoms with Crippen molar-refractivity contribution in [1.29, 1.82) is 10.5 Å². The predicted molar refractivity (Wildman–Crippen MR) is 174 cm³/mol. The van der Waals surface area contributed by atoms with Crippen LogP contribution in [0.1, 0.15) is 40.5 Å². The monoisotopic (exact) mass is 674 g/mol. The lowest BCUT2D eigenvalue weighted by molar-refractivity contribution is -0.138. The lowest BCUT2D eigenvalue weighted by Crippen LogP contribution is -2.04. The largest absolute Gasteiger partial charge is 0.457 e. The SMILES string of the molecule is N#CN=c1c2cc(Oc3ccc(C(F)(F)F)cc3)ccc2c2cc3c(=NC#N)c4cc(C5C[C@@H]5c5ccc(C(F)(F)F)cc5)ccc4c3cc12. The molecule has 0 bridgehead atoms. The zero-order valence-electron chi connectivity index (χ0n) is 25.6. The van der Waals surface area contributed by atoms with Gasteiger partial charge in [-0.05, 0) is 124 Å². The highest BCUT2D eigenvalue weighted by molar-refractivity contribution is 6.21. The average molecular weight is 675 g/mol. The second-order valence-corrected chi connectivity index (χ2v) is 12.3. The van der Waals surface area contributed by atoms with Crippen LogP contribution in [0.4, 0.5) is 26.3 Å². The van der Waals surface area contributed by atoms with Crippen molar-refractivity contribution in [1.82, 2.24) is 0 Å². The van der Waals surface area contributed by atoms with Crippen molar-refractivity contribution >= 4 is 43.1 Å². The number of nitriles is 2. The third-order valence-electron chi connectivity index (χ3n) is 9.42. The number of hydrogen-bond donors (Lipinski definition) is 0. The number of hydrogen-bond acceptors (Lipinski definition) is 5. The molecule has 1 aliphatic rings. The molecular formula is C39H20F6N4O. The summed E-state index contributed by atoms with van der Waals surface area (Å²) in [6.45, 7) is 0. The van der Waals surface area contributed by atoms with Crippen molar-refractivity contribution < 1.29 is 31.1 Å². The van der Waals surface area contributed by atoms with Gasteiger partial charge in [-0.3, -0.25) is 0 Å². The van der Waals surface area contributed by atoms with Crippen LogP contribution in [0, 0.1) is 22.9 Å². The third-order valence-corrected chi connectivity index (χ3v) is 9.42. The molecule has 0 amide bonds. The smallest absolute Gasteiger partial charge is 0.416 e. The molecule has 50 heavy (non-hydrogen) atoms. The first-order valence-corrected chi connectivity index (χ1v) is 15.4. The number of rotatable bonds is 4. The van der Waals surface area contributed by atoms with E-state index in [0.717, 1.165) is 74.1 Å². The van der Waals surface area contributed by atoms with Gasteiger partial charge in [0.15, 0.2) is 0 Å². The van der Waals surface area contributed by atoms with Crippen molar-refractivity contribution in [2.24, 2.45) is 9.98 Å². The minimum atomic E-state index is -4.47. The van der Waals surface area contributed by atoms with Crippen molar-refractivity contribution in [2.45, 2.75) is 30.6 Å². The van der Waals surface area contributed by atoms with Gasteiger partial charge in [0.05, 0.1) is 21.8 Å². The summed E-state index contributed by atoms with van der Waals surface area (Å²) >= 11 is 0. The minimum absolute atomic E-state index is 0.0774. The van der Waals surface area contributed by atoms with Crippen LogP contribution in [0.3, 0.4) is 0 Å². The first-order chi connectivity index (χ1) is 23.9. The van der Waals surface area contributed by atoms with E-state index >= 15 is 0 Å². The Bertz CT molecular complexity index is 2710. The van der Waals surface area contributed by atoms with Crippen LogP contribution < -0.4 is 15.5 Å². The average Bonchev–Trinajstić information content (AvgIpc) is 3.77. The maximum atomic E-state index is 13.1. The second kappa shape index (κ2) is 11.2. The van der Waals surface area contributed by atoms with Crippen molar-refractivity contribution in [3.63, 3.8) is 0 Å². The Labute approximate surface area is 278 Å². The highest BCUT2D eigenvalue weighted by atomic mass is 19.4. The topological polar surface area (TPSA) is 81.5 Å². The lowest BCUT2D eigenvalue weighted by Gasteiger charge is -2.09. The molecule has 244 valence electrons. The van der Waals surface area contributed by atoms with Gasteiger partial charge in [0.2, 0.25) is 12.4 Å². The fraction of sp³-hybridized carbons (Fsp3) is 0.128. The van der Waals surface area contributed by atoms with Crippen molar-refractivity contribution in [3.05, 3.63) is 130 Å². The first kappa shape index (κ1) is 31.1. The van der Waals surface area contributed by atoms with E-state index in [1.165, 1.54) is 24.3 Å². The quantitative estimate of drug-likeness (QED) is 0.138. The van der Waals surface area contributed by atoms with Crippen LogP contribution in [0.25, 0.3) is 43.1 Å². The van der Waals surface area contributed by atoms with Crippen LogP contribution in [-0.4, -0.2) is 0 Å². The summed E-state index contributed by atoms with van der Waals surface area (Å²) in [5, 5.41) is 26.1. The molecular weight excluding hydrogens is 654 g/mol. The molecule has 2 atom stereocenters. The molecule has 1 unspecified atom stereocenters. The number of nitrogens with zero attached hydrogens (tertiary/aromatic N) is 4. The maximum absolute atomic E-state index is 13.1. The zero-order chi connectivity index (χ0) is 34.9. The van der Waals surface area contributed by atoms with E-state index in [0.29, 0.717) is 27.2 Å². The molecule has 0 N–H and O–H groups in total. The molecule has 1 aliphatic carbocycles. The summed E-state index contributed by atoms with van der Waals surface area (Å²) in [6.07, 6.45) is -4.30. The van der Waals surface area contributed by atoms with Crippen LogP contribution >= 0.6 is 0 Å². The molecule has 0 aliphatic heterocycles. The Balaban J connectivity index is 1.21. The summed E-state index contributed by atoms with van der Waals surface area (Å²) < 4.78 is 84.1. The molecule has 11 heteroatoms. The fourth-order valence-corrected chi connectivity index (χ4v) is 7.01. The first-order valence-electron chi connectivity index (χ1n) is 15.4. The Morgan fingerprint density at radius 2 is 0.940 bits per heavy atom. The highest BCUT2D eigenvalue weighted by Crippen LogP contribution is 2.55. The molecule has 0 spiro atoms. The fourth-order valence-electron chi connectivity index (χ4n) is 7.01. The molecule has 7 aromatic carbocycles. The van der Waals surface area contributed by atoms with Crippen LogP contribution in [0.5, 0.6) is 11.5 Å². The molecule has 7 aromatic rings. The number of alkyl halides is 6. The molecule has 1 fully saturated rings. The van der Waals surface area contributed by atoms with E-state index in [4.69, 9.17) is 4.74 Å². The molecule has 1 saturated carbocycles. The minimum Gasteiger partial charge on any atom is -0.457 e. The Hall–Kier alpha value is -6.20. The van der Waals surface area contributed by atoms with Gasteiger partial charge in [0.25, 0.3) is 0 Å². The Morgan fingerprint density at radius 1 is 0.500 bits per heavy atom. The Kier molecular flexibility index (Phi) is 6.95. The van der Waals surface area contributed by atoms with E-state index in [2.05, 4.69) is 9.98 Å². The van der Waals surface area contributed by atoms with Gasteiger partial charge < -0.3 is 4.74 Å². The summed E-state index contributed by atoms with van der Waals surface area (Å²) in [5.74, 6) is 0.730. The lowest BCUT2D eigenvalue weighted by atomic mass is 10.0. The van der Waals surface area contributed by atoms with Gasteiger partial charge >= 0.3 is 12.4 Å². The predicted octanol–water partition coefficient (Wildman–Crippen LogP) is 10.0. The normalized spacial score (nSPS) is 17.1. The van der Waals surface area contributed by atoms with Gasteiger partial charge in [-0.15, -0.1) is 0 Å². The molecule has 5 nitrogen and oxygen atoms in total. The van der Waals surface area contributed by atoms with Crippen molar-refractivity contribution in [2.75, 3.05) is 0 Å². The molecule has 0 aromatic heterocycles. The van der Waals surface area contributed by atoms with E-state index < -0.39 is 23.5 Å². The van der Waals surface area contributed by atoms with Crippen LogP contribution in [0.15, 0.2) is 107 Å². The van der Waals surface area contributed by atoms with Gasteiger partial charge in [0, 0.05) is 21.5 Å². The Morgan fingerprint density at radius 3 is 1.48 bits per heavy atom. The number of ether oxygens (including phenoxy) is 1. The highest BCUT2D eigenvalue weighted by Gasteiger charge is 2.40. The molecule has 0 radical (unpaired) electrons. The van der Waals surface area contributed by atoms with Gasteiger partial charge in [-0.1, -0.05) is 24.3 Å². The van der Waals surface area contributed by atoms with E-state index in [9.17, 15) is 36.9 Å². The maximum Gasteiger partial charge on any atom is 0.416 e. The van der Waals surface area contributed by atoms with Gasteiger partial charge in [0.1, 0.15) is 11.5 Å².